The van der Waals surface area contributed by atoms with E-state index >= 15 is 0 Å². The van der Waals surface area contributed by atoms with Gasteiger partial charge in [-0.3, -0.25) is 4.68 Å². The van der Waals surface area contributed by atoms with Crippen molar-refractivity contribution in [2.24, 2.45) is 7.05 Å². The van der Waals surface area contributed by atoms with Gasteiger partial charge >= 0.3 is 0 Å². The molecule has 2 N–H and O–H groups in total. The molecule has 2 heterocycles. The number of hydrogen-bond acceptors (Lipinski definition) is 3. The van der Waals surface area contributed by atoms with Crippen molar-refractivity contribution in [3.05, 3.63) is 30.1 Å². The SMILES string of the molecule is Cc1nc2ccc(-c3cc(NC4CC4)nn3C)cc2[nH]1. The molecule has 0 radical (unpaired) electrons. The number of H-pyrrole nitrogens is 1. The van der Waals surface area contributed by atoms with Crippen LogP contribution in [0, 0.1) is 6.92 Å². The molecule has 20 heavy (non-hydrogen) atoms. The molecule has 0 amide bonds. The van der Waals surface area contributed by atoms with Crippen LogP contribution in [-0.4, -0.2) is 25.8 Å². The van der Waals surface area contributed by atoms with Crippen molar-refractivity contribution in [3.63, 3.8) is 0 Å². The first-order valence-electron chi connectivity index (χ1n) is 6.96. The highest BCUT2D eigenvalue weighted by molar-refractivity contribution is 5.81. The summed E-state index contributed by atoms with van der Waals surface area (Å²) in [5, 5.41) is 7.97. The molecule has 5 heteroatoms. The second-order valence-corrected chi connectivity index (χ2v) is 5.51. The first-order chi connectivity index (χ1) is 9.69. The van der Waals surface area contributed by atoms with Crippen molar-refractivity contribution >= 4 is 16.9 Å². The molecule has 102 valence electrons. The van der Waals surface area contributed by atoms with Gasteiger partial charge in [-0.1, -0.05) is 6.07 Å². The lowest BCUT2D eigenvalue weighted by atomic mass is 10.1. The third kappa shape index (κ3) is 1.95. The Morgan fingerprint density at radius 2 is 2.15 bits per heavy atom. The summed E-state index contributed by atoms with van der Waals surface area (Å²) in [6.45, 7) is 1.97. The molecule has 0 bridgehead atoms. The number of fused-ring (bicyclic) bond motifs is 1. The average molecular weight is 267 g/mol. The fourth-order valence-electron chi connectivity index (χ4n) is 2.54. The van der Waals surface area contributed by atoms with Gasteiger partial charge in [-0.2, -0.15) is 5.10 Å². The molecule has 1 saturated carbocycles. The van der Waals surface area contributed by atoms with E-state index in [2.05, 4.69) is 44.6 Å². The maximum absolute atomic E-state index is 4.53. The van der Waals surface area contributed by atoms with Gasteiger partial charge in [-0.25, -0.2) is 4.98 Å². The topological polar surface area (TPSA) is 58.5 Å². The normalized spacial score (nSPS) is 14.9. The molecule has 1 fully saturated rings. The standard InChI is InChI=1S/C15H17N5/c1-9-16-12-6-3-10(7-13(12)17-9)14-8-15(19-20(14)2)18-11-4-5-11/h3,6-8,11H,4-5H2,1-2H3,(H,16,17)(H,18,19). The van der Waals surface area contributed by atoms with E-state index in [9.17, 15) is 0 Å². The number of anilines is 1. The molecular weight excluding hydrogens is 250 g/mol. The minimum Gasteiger partial charge on any atom is -0.366 e. The molecule has 1 aliphatic carbocycles. The number of rotatable bonds is 3. The molecule has 0 atom stereocenters. The Morgan fingerprint density at radius 3 is 2.95 bits per heavy atom. The molecule has 0 saturated heterocycles. The van der Waals surface area contributed by atoms with E-state index < -0.39 is 0 Å². The van der Waals surface area contributed by atoms with Crippen LogP contribution in [0.1, 0.15) is 18.7 Å². The predicted molar refractivity (Wildman–Crippen MR) is 79.7 cm³/mol. The van der Waals surface area contributed by atoms with Crippen LogP contribution in [0.15, 0.2) is 24.3 Å². The third-order valence-corrected chi connectivity index (χ3v) is 3.71. The summed E-state index contributed by atoms with van der Waals surface area (Å²) in [7, 11) is 1.98. The molecular formula is C15H17N5. The second kappa shape index (κ2) is 4.10. The van der Waals surface area contributed by atoms with Gasteiger partial charge in [0.1, 0.15) is 11.6 Å². The van der Waals surface area contributed by atoms with E-state index in [0.29, 0.717) is 6.04 Å². The summed E-state index contributed by atoms with van der Waals surface area (Å²) in [6, 6.07) is 9.02. The maximum Gasteiger partial charge on any atom is 0.148 e. The number of imidazole rings is 1. The number of aryl methyl sites for hydroxylation is 2. The van der Waals surface area contributed by atoms with Gasteiger partial charge in [0.05, 0.1) is 16.7 Å². The number of benzene rings is 1. The maximum atomic E-state index is 4.53. The van der Waals surface area contributed by atoms with Gasteiger partial charge in [0.2, 0.25) is 0 Å². The molecule has 0 unspecified atom stereocenters. The molecule has 5 nitrogen and oxygen atoms in total. The van der Waals surface area contributed by atoms with Crippen LogP contribution < -0.4 is 5.32 Å². The third-order valence-electron chi connectivity index (χ3n) is 3.71. The minimum absolute atomic E-state index is 0.621. The quantitative estimate of drug-likeness (QED) is 0.767. The summed E-state index contributed by atoms with van der Waals surface area (Å²) in [5.74, 6) is 1.91. The second-order valence-electron chi connectivity index (χ2n) is 5.51. The Hall–Kier alpha value is -2.30. The molecule has 0 aliphatic heterocycles. The van der Waals surface area contributed by atoms with Crippen LogP contribution in [0.4, 0.5) is 5.82 Å². The molecule has 1 aromatic carbocycles. The molecule has 3 aromatic rings. The lowest BCUT2D eigenvalue weighted by molar-refractivity contribution is 0.776. The van der Waals surface area contributed by atoms with Crippen molar-refractivity contribution in [1.29, 1.82) is 0 Å². The van der Waals surface area contributed by atoms with E-state index in [1.807, 2.05) is 18.7 Å². The zero-order valence-corrected chi connectivity index (χ0v) is 11.6. The smallest absolute Gasteiger partial charge is 0.148 e. The van der Waals surface area contributed by atoms with E-state index in [0.717, 1.165) is 33.9 Å². The molecule has 2 aromatic heterocycles. The minimum atomic E-state index is 0.621. The lowest BCUT2D eigenvalue weighted by Crippen LogP contribution is -2.01. The van der Waals surface area contributed by atoms with Gasteiger partial charge in [-0.15, -0.1) is 0 Å². The van der Waals surface area contributed by atoms with E-state index in [-0.39, 0.29) is 0 Å². The number of hydrogen-bond donors (Lipinski definition) is 2. The number of aromatic amines is 1. The van der Waals surface area contributed by atoms with Gasteiger partial charge in [-0.05, 0) is 31.9 Å². The molecule has 1 aliphatic rings. The van der Waals surface area contributed by atoms with Gasteiger partial charge < -0.3 is 10.3 Å². The first kappa shape index (κ1) is 11.5. The van der Waals surface area contributed by atoms with Crippen LogP contribution in [0.5, 0.6) is 0 Å². The number of aromatic nitrogens is 4. The highest BCUT2D eigenvalue weighted by atomic mass is 15.3. The largest absolute Gasteiger partial charge is 0.366 e. The molecule has 0 spiro atoms. The highest BCUT2D eigenvalue weighted by Crippen LogP contribution is 2.28. The summed E-state index contributed by atoms with van der Waals surface area (Å²) < 4.78 is 1.93. The average Bonchev–Trinajstić information content (AvgIpc) is 3.02. The Morgan fingerprint density at radius 1 is 1.30 bits per heavy atom. The molecule has 4 rings (SSSR count). The van der Waals surface area contributed by atoms with Crippen LogP contribution in [0.3, 0.4) is 0 Å². The Balaban J connectivity index is 1.74. The van der Waals surface area contributed by atoms with Crippen LogP contribution in [0.2, 0.25) is 0 Å². The van der Waals surface area contributed by atoms with Gasteiger partial charge in [0.15, 0.2) is 0 Å². The fourth-order valence-corrected chi connectivity index (χ4v) is 2.54. The summed E-state index contributed by atoms with van der Waals surface area (Å²) in [6.07, 6.45) is 2.51. The van der Waals surface area contributed by atoms with E-state index in [4.69, 9.17) is 0 Å². The first-order valence-corrected chi connectivity index (χ1v) is 6.96. The predicted octanol–water partition coefficient (Wildman–Crippen LogP) is 2.85. The summed E-state index contributed by atoms with van der Waals surface area (Å²) in [5.41, 5.74) is 4.34. The van der Waals surface area contributed by atoms with Crippen molar-refractivity contribution in [2.75, 3.05) is 5.32 Å². The number of nitrogens with zero attached hydrogens (tertiary/aromatic N) is 3. The van der Waals surface area contributed by atoms with Crippen molar-refractivity contribution in [2.45, 2.75) is 25.8 Å². The van der Waals surface area contributed by atoms with E-state index in [1.165, 1.54) is 12.8 Å². The van der Waals surface area contributed by atoms with Gasteiger partial charge in [0.25, 0.3) is 0 Å². The van der Waals surface area contributed by atoms with Crippen molar-refractivity contribution in [1.82, 2.24) is 19.7 Å². The van der Waals surface area contributed by atoms with Crippen LogP contribution >= 0.6 is 0 Å². The Labute approximate surface area is 117 Å². The van der Waals surface area contributed by atoms with Crippen molar-refractivity contribution in [3.8, 4) is 11.3 Å². The highest BCUT2D eigenvalue weighted by Gasteiger charge is 2.22. The van der Waals surface area contributed by atoms with Crippen LogP contribution in [-0.2, 0) is 7.05 Å². The van der Waals surface area contributed by atoms with Crippen molar-refractivity contribution < 1.29 is 0 Å². The number of nitrogens with one attached hydrogen (secondary N) is 2. The zero-order chi connectivity index (χ0) is 13.7. The van der Waals surface area contributed by atoms with Crippen LogP contribution in [0.25, 0.3) is 22.3 Å². The zero-order valence-electron chi connectivity index (χ0n) is 11.6. The van der Waals surface area contributed by atoms with Gasteiger partial charge in [0, 0.05) is 24.7 Å². The Bertz CT molecular complexity index is 779. The monoisotopic (exact) mass is 267 g/mol. The Kier molecular flexibility index (Phi) is 2.36. The summed E-state index contributed by atoms with van der Waals surface area (Å²) >= 11 is 0. The fraction of sp³-hybridized carbons (Fsp3) is 0.333. The van der Waals surface area contributed by atoms with E-state index in [1.54, 1.807) is 0 Å². The lowest BCUT2D eigenvalue weighted by Gasteiger charge is -2.01. The summed E-state index contributed by atoms with van der Waals surface area (Å²) in [4.78, 5) is 7.71.